The third-order valence-electron chi connectivity index (χ3n) is 3.65. The van der Waals surface area contributed by atoms with Crippen LogP contribution in [0, 0.1) is 0 Å². The van der Waals surface area contributed by atoms with Crippen molar-refractivity contribution in [3.8, 4) is 17.0 Å². The zero-order valence-corrected chi connectivity index (χ0v) is 15.0. The van der Waals surface area contributed by atoms with Gasteiger partial charge in [0.2, 0.25) is 5.91 Å². The first kappa shape index (κ1) is 18.8. The summed E-state index contributed by atoms with van der Waals surface area (Å²) in [7, 11) is 0. The number of amides is 2. The van der Waals surface area contributed by atoms with Crippen LogP contribution in [0.5, 0.6) is 5.75 Å². The smallest absolute Gasteiger partial charge is 0.261 e. The second-order valence-electron chi connectivity index (χ2n) is 5.92. The number of para-hydroxylation sites is 1. The second-order valence-corrected chi connectivity index (χ2v) is 5.92. The number of nitrogens with one attached hydrogen (secondary N) is 2. The summed E-state index contributed by atoms with van der Waals surface area (Å²) in [4.78, 5) is 23.2. The van der Waals surface area contributed by atoms with Gasteiger partial charge in [-0.2, -0.15) is 5.10 Å². The van der Waals surface area contributed by atoms with Crippen LogP contribution in [-0.4, -0.2) is 38.1 Å². The highest BCUT2D eigenvalue weighted by molar-refractivity contribution is 5.89. The number of anilines is 1. The number of nitrogens with zero attached hydrogens (tertiary/aromatic N) is 4. The molecule has 0 aliphatic heterocycles. The van der Waals surface area contributed by atoms with Crippen LogP contribution >= 0.6 is 0 Å². The normalized spacial score (nSPS) is 10.8. The van der Waals surface area contributed by atoms with Crippen molar-refractivity contribution >= 4 is 23.7 Å². The molecule has 0 fully saturated rings. The fourth-order valence-electron chi connectivity index (χ4n) is 2.42. The number of carbonyl (C=O) groups excluding carboxylic acids is 2. The number of benzene rings is 2. The standard InChI is InChI=1S/C19H18N6O3/c1-13(26)21-16-7-4-6-14(9-16)17-11-25(24-22-17)12-19(28)23-20-10-15-5-2-3-8-18(15)27/h2-11,27H,12H2,1H3,(H,21,26)(H,23,28)/b20-10+. The van der Waals surface area contributed by atoms with Crippen LogP contribution in [-0.2, 0) is 16.1 Å². The van der Waals surface area contributed by atoms with Gasteiger partial charge in [-0.25, -0.2) is 10.1 Å². The minimum absolute atomic E-state index is 0.0721. The largest absolute Gasteiger partial charge is 0.507 e. The summed E-state index contributed by atoms with van der Waals surface area (Å²) in [6, 6.07) is 13.8. The molecular weight excluding hydrogens is 360 g/mol. The SMILES string of the molecule is CC(=O)Nc1cccc(-c2cn(CC(=O)N/N=C/c3ccccc3O)nn2)c1. The number of aromatic nitrogens is 3. The molecule has 3 rings (SSSR count). The molecule has 142 valence electrons. The van der Waals surface area contributed by atoms with E-state index < -0.39 is 5.91 Å². The van der Waals surface area contributed by atoms with Crippen LogP contribution < -0.4 is 10.7 Å². The second kappa shape index (κ2) is 8.58. The minimum Gasteiger partial charge on any atom is -0.507 e. The monoisotopic (exact) mass is 378 g/mol. The Balaban J connectivity index is 1.60. The van der Waals surface area contributed by atoms with Gasteiger partial charge in [0.05, 0.1) is 12.4 Å². The fourth-order valence-corrected chi connectivity index (χ4v) is 2.42. The molecule has 28 heavy (non-hydrogen) atoms. The van der Waals surface area contributed by atoms with Crippen LogP contribution in [0.25, 0.3) is 11.3 Å². The number of hydrogen-bond acceptors (Lipinski definition) is 6. The van der Waals surface area contributed by atoms with Crippen LogP contribution in [0.2, 0.25) is 0 Å². The Bertz CT molecular complexity index is 1030. The van der Waals surface area contributed by atoms with Crippen molar-refractivity contribution in [3.63, 3.8) is 0 Å². The highest BCUT2D eigenvalue weighted by Crippen LogP contribution is 2.20. The van der Waals surface area contributed by atoms with Crippen molar-refractivity contribution in [1.29, 1.82) is 0 Å². The van der Waals surface area contributed by atoms with Crippen LogP contribution in [0.15, 0.2) is 59.8 Å². The molecule has 0 atom stereocenters. The molecule has 3 N–H and O–H groups in total. The van der Waals surface area contributed by atoms with E-state index in [2.05, 4.69) is 26.2 Å². The average molecular weight is 378 g/mol. The average Bonchev–Trinajstić information content (AvgIpc) is 3.11. The lowest BCUT2D eigenvalue weighted by Crippen LogP contribution is -2.23. The summed E-state index contributed by atoms with van der Waals surface area (Å²) in [5, 5.41) is 24.1. The van der Waals surface area contributed by atoms with Crippen LogP contribution in [0.4, 0.5) is 5.69 Å². The lowest BCUT2D eigenvalue weighted by molar-refractivity contribution is -0.121. The molecule has 0 bridgehead atoms. The summed E-state index contributed by atoms with van der Waals surface area (Å²) >= 11 is 0. The molecule has 9 heteroatoms. The maximum absolute atomic E-state index is 12.0. The van der Waals surface area contributed by atoms with Crippen molar-refractivity contribution < 1.29 is 14.7 Å². The first-order valence-electron chi connectivity index (χ1n) is 8.39. The van der Waals surface area contributed by atoms with Crippen molar-refractivity contribution in [2.24, 2.45) is 5.10 Å². The third kappa shape index (κ3) is 5.01. The zero-order chi connectivity index (χ0) is 19.9. The van der Waals surface area contributed by atoms with E-state index in [0.29, 0.717) is 16.9 Å². The number of carbonyl (C=O) groups is 2. The molecule has 1 heterocycles. The molecule has 9 nitrogen and oxygen atoms in total. The van der Waals surface area contributed by atoms with E-state index >= 15 is 0 Å². The Hall–Kier alpha value is -4.01. The summed E-state index contributed by atoms with van der Waals surface area (Å²) in [5.41, 5.74) is 4.84. The molecule has 0 saturated heterocycles. The summed E-state index contributed by atoms with van der Waals surface area (Å²) in [6.45, 7) is 1.36. The molecule has 0 aliphatic carbocycles. The summed E-state index contributed by atoms with van der Waals surface area (Å²) in [5.74, 6) is -0.486. The van der Waals surface area contributed by atoms with E-state index in [0.717, 1.165) is 5.56 Å². The van der Waals surface area contributed by atoms with E-state index in [1.165, 1.54) is 23.9 Å². The molecule has 0 aliphatic rings. The number of aromatic hydroxyl groups is 1. The van der Waals surface area contributed by atoms with Gasteiger partial charge in [0.15, 0.2) is 0 Å². The predicted molar refractivity (Wildman–Crippen MR) is 104 cm³/mol. The van der Waals surface area contributed by atoms with Gasteiger partial charge in [0.1, 0.15) is 18.0 Å². The van der Waals surface area contributed by atoms with Gasteiger partial charge in [-0.3, -0.25) is 9.59 Å². The van der Waals surface area contributed by atoms with Crippen molar-refractivity contribution in [2.75, 3.05) is 5.32 Å². The van der Waals surface area contributed by atoms with Gasteiger partial charge in [0, 0.05) is 23.7 Å². The molecular formula is C19H18N6O3. The van der Waals surface area contributed by atoms with Gasteiger partial charge in [-0.15, -0.1) is 5.10 Å². The lowest BCUT2D eigenvalue weighted by Gasteiger charge is -2.03. The molecule has 0 unspecified atom stereocenters. The van der Waals surface area contributed by atoms with Crippen molar-refractivity contribution in [3.05, 3.63) is 60.3 Å². The number of hydrazone groups is 1. The molecule has 0 saturated carbocycles. The maximum Gasteiger partial charge on any atom is 0.261 e. The number of hydrogen-bond donors (Lipinski definition) is 3. The quantitative estimate of drug-likeness (QED) is 0.446. The van der Waals surface area contributed by atoms with E-state index in [1.54, 1.807) is 42.6 Å². The van der Waals surface area contributed by atoms with Gasteiger partial charge in [0.25, 0.3) is 5.91 Å². The minimum atomic E-state index is -0.393. The molecule has 1 aromatic heterocycles. The Morgan fingerprint density at radius 2 is 2.04 bits per heavy atom. The topological polar surface area (TPSA) is 122 Å². The van der Waals surface area contributed by atoms with Crippen molar-refractivity contribution in [1.82, 2.24) is 20.4 Å². The van der Waals surface area contributed by atoms with E-state index in [4.69, 9.17) is 0 Å². The van der Waals surface area contributed by atoms with Gasteiger partial charge < -0.3 is 10.4 Å². The third-order valence-corrected chi connectivity index (χ3v) is 3.65. The number of rotatable bonds is 6. The molecule has 3 aromatic rings. The Morgan fingerprint density at radius 3 is 2.82 bits per heavy atom. The molecule has 0 spiro atoms. The number of phenolic OH excluding ortho intramolecular Hbond substituents is 1. The van der Waals surface area contributed by atoms with Gasteiger partial charge in [-0.05, 0) is 24.3 Å². The van der Waals surface area contributed by atoms with E-state index in [1.807, 2.05) is 6.07 Å². The van der Waals surface area contributed by atoms with Crippen LogP contribution in [0.3, 0.4) is 0 Å². The van der Waals surface area contributed by atoms with E-state index in [9.17, 15) is 14.7 Å². The highest BCUT2D eigenvalue weighted by Gasteiger charge is 2.08. The van der Waals surface area contributed by atoms with Crippen molar-refractivity contribution in [2.45, 2.75) is 13.5 Å². The summed E-state index contributed by atoms with van der Waals surface area (Å²) in [6.07, 6.45) is 2.98. The van der Waals surface area contributed by atoms with Crippen LogP contribution in [0.1, 0.15) is 12.5 Å². The number of phenols is 1. The van der Waals surface area contributed by atoms with Gasteiger partial charge in [-0.1, -0.05) is 29.5 Å². The Morgan fingerprint density at radius 1 is 1.21 bits per heavy atom. The Labute approximate surface area is 160 Å². The fraction of sp³-hybridized carbons (Fsp3) is 0.105. The zero-order valence-electron chi connectivity index (χ0n) is 15.0. The predicted octanol–water partition coefficient (Wildman–Crippen LogP) is 1.76. The Kier molecular flexibility index (Phi) is 5.75. The first-order valence-corrected chi connectivity index (χ1v) is 8.39. The maximum atomic E-state index is 12.0. The van der Waals surface area contributed by atoms with E-state index in [-0.39, 0.29) is 18.2 Å². The van der Waals surface area contributed by atoms with Gasteiger partial charge >= 0.3 is 0 Å². The molecule has 2 amide bonds. The molecule has 0 radical (unpaired) electrons. The lowest BCUT2D eigenvalue weighted by atomic mass is 10.1. The summed E-state index contributed by atoms with van der Waals surface area (Å²) < 4.78 is 1.38. The highest BCUT2D eigenvalue weighted by atomic mass is 16.3. The first-order chi connectivity index (χ1) is 13.5. The molecule has 2 aromatic carbocycles.